The lowest BCUT2D eigenvalue weighted by molar-refractivity contribution is -0.385. The second kappa shape index (κ2) is 7.47. The monoisotopic (exact) mass is 296 g/mol. The molecule has 0 saturated carbocycles. The van der Waals surface area contributed by atoms with Crippen LogP contribution in [0.1, 0.15) is 37.0 Å². The largest absolute Gasteiger partial charge is 0.504 e. The molecule has 7 nitrogen and oxygen atoms in total. The number of aromatic hydroxyl groups is 1. The summed E-state index contributed by atoms with van der Waals surface area (Å²) in [5.41, 5.74) is -0.461. The van der Waals surface area contributed by atoms with Crippen LogP contribution in [0.3, 0.4) is 0 Å². The topological polar surface area (TPSA) is 92.9 Å². The predicted molar refractivity (Wildman–Crippen MR) is 77.8 cm³/mol. The van der Waals surface area contributed by atoms with E-state index in [1.165, 1.54) is 13.2 Å². The van der Waals surface area contributed by atoms with Crippen LogP contribution in [0.25, 0.3) is 0 Å². The van der Waals surface area contributed by atoms with Gasteiger partial charge in [-0.05, 0) is 12.8 Å². The van der Waals surface area contributed by atoms with Gasteiger partial charge in [-0.1, -0.05) is 13.8 Å². The molecule has 0 aliphatic carbocycles. The maximum atomic E-state index is 12.2. The van der Waals surface area contributed by atoms with Gasteiger partial charge in [0.15, 0.2) is 11.5 Å². The minimum Gasteiger partial charge on any atom is -0.504 e. The van der Waals surface area contributed by atoms with Crippen LogP contribution >= 0.6 is 0 Å². The molecule has 1 saturated heterocycles. The molecule has 1 aromatic rings. The fourth-order valence-electron chi connectivity index (χ4n) is 2.13. The van der Waals surface area contributed by atoms with E-state index in [9.17, 15) is 20.0 Å². The molecule has 0 aromatic heterocycles. The molecular formula is C14H20N2O5. The maximum Gasteiger partial charge on any atom is 0.286 e. The number of hydrogen-bond donors (Lipinski definition) is 1. The van der Waals surface area contributed by atoms with Crippen molar-refractivity contribution in [2.45, 2.75) is 26.7 Å². The first kappa shape index (κ1) is 16.7. The number of nitro groups is 1. The van der Waals surface area contributed by atoms with Gasteiger partial charge in [-0.25, -0.2) is 0 Å². The minimum absolute atomic E-state index is 0.0492. The number of methoxy groups -OCH3 is 1. The molecule has 0 unspecified atom stereocenters. The quantitative estimate of drug-likeness (QED) is 0.683. The van der Waals surface area contributed by atoms with Crippen LogP contribution in [0, 0.1) is 10.1 Å². The summed E-state index contributed by atoms with van der Waals surface area (Å²) >= 11 is 0. The van der Waals surface area contributed by atoms with E-state index in [2.05, 4.69) is 0 Å². The second-order valence-corrected chi connectivity index (χ2v) is 4.30. The van der Waals surface area contributed by atoms with Gasteiger partial charge in [0.25, 0.3) is 11.6 Å². The van der Waals surface area contributed by atoms with Crippen molar-refractivity contribution in [1.82, 2.24) is 4.90 Å². The Balaban J connectivity index is 0.00000106. The first-order chi connectivity index (χ1) is 10.0. The van der Waals surface area contributed by atoms with Crippen molar-refractivity contribution in [2.75, 3.05) is 20.2 Å². The molecule has 0 bridgehead atoms. The minimum atomic E-state index is -0.678. The van der Waals surface area contributed by atoms with Crippen molar-refractivity contribution in [2.24, 2.45) is 0 Å². The van der Waals surface area contributed by atoms with Gasteiger partial charge in [0, 0.05) is 19.2 Å². The molecule has 1 aliphatic rings. The number of hydrogen-bond acceptors (Lipinski definition) is 5. The number of amides is 1. The summed E-state index contributed by atoms with van der Waals surface area (Å²) in [6.45, 7) is 5.19. The van der Waals surface area contributed by atoms with Gasteiger partial charge in [0.1, 0.15) is 5.56 Å². The fourth-order valence-corrected chi connectivity index (χ4v) is 2.13. The number of carbonyl (C=O) groups excluding carboxylic acids is 1. The van der Waals surface area contributed by atoms with E-state index in [1.54, 1.807) is 4.90 Å². The summed E-state index contributed by atoms with van der Waals surface area (Å²) in [6, 6.07) is 2.16. The van der Waals surface area contributed by atoms with E-state index in [0.29, 0.717) is 13.1 Å². The summed E-state index contributed by atoms with van der Waals surface area (Å²) in [4.78, 5) is 24.1. The maximum absolute atomic E-state index is 12.2. The van der Waals surface area contributed by atoms with Crippen LogP contribution in [0.15, 0.2) is 12.1 Å². The van der Waals surface area contributed by atoms with Gasteiger partial charge < -0.3 is 14.7 Å². The Morgan fingerprint density at radius 3 is 2.38 bits per heavy atom. The van der Waals surface area contributed by atoms with E-state index in [1.807, 2.05) is 13.8 Å². The first-order valence-corrected chi connectivity index (χ1v) is 6.89. The number of phenolic OH excluding ortho intramolecular Hbond substituents is 1. The molecule has 7 heteroatoms. The predicted octanol–water partition coefficient (Wildman–Crippen LogP) is 2.57. The Hall–Kier alpha value is -2.31. The van der Waals surface area contributed by atoms with Crippen molar-refractivity contribution >= 4 is 11.6 Å². The van der Waals surface area contributed by atoms with Crippen LogP contribution < -0.4 is 4.74 Å². The SMILES string of the molecule is CC.COc1cc(C(=O)N2CCCC2)c([N+](=O)[O-])cc1O. The highest BCUT2D eigenvalue weighted by Crippen LogP contribution is 2.34. The van der Waals surface area contributed by atoms with Gasteiger partial charge in [0.2, 0.25) is 0 Å². The average Bonchev–Trinajstić information content (AvgIpc) is 3.02. The van der Waals surface area contributed by atoms with Crippen molar-refractivity contribution in [1.29, 1.82) is 0 Å². The Kier molecular flexibility index (Phi) is 5.95. The molecule has 21 heavy (non-hydrogen) atoms. The number of ether oxygens (including phenoxy) is 1. The lowest BCUT2D eigenvalue weighted by atomic mass is 10.1. The van der Waals surface area contributed by atoms with E-state index >= 15 is 0 Å². The van der Waals surface area contributed by atoms with Crippen molar-refractivity contribution in [3.05, 3.63) is 27.8 Å². The number of benzene rings is 1. The number of rotatable bonds is 3. The molecule has 1 fully saturated rings. The van der Waals surface area contributed by atoms with Crippen LogP contribution in [-0.2, 0) is 0 Å². The average molecular weight is 296 g/mol. The molecule has 0 spiro atoms. The summed E-state index contributed by atoms with van der Waals surface area (Å²) < 4.78 is 4.89. The Morgan fingerprint density at radius 2 is 1.90 bits per heavy atom. The first-order valence-electron chi connectivity index (χ1n) is 6.89. The highest BCUT2D eigenvalue weighted by atomic mass is 16.6. The van der Waals surface area contributed by atoms with Gasteiger partial charge in [-0.15, -0.1) is 0 Å². The third-order valence-electron chi connectivity index (χ3n) is 3.12. The van der Waals surface area contributed by atoms with Crippen LogP contribution in [0.5, 0.6) is 11.5 Å². The van der Waals surface area contributed by atoms with E-state index in [4.69, 9.17) is 4.74 Å². The number of phenols is 1. The van der Waals surface area contributed by atoms with E-state index in [-0.39, 0.29) is 17.1 Å². The van der Waals surface area contributed by atoms with Crippen molar-refractivity contribution < 1.29 is 19.6 Å². The fraction of sp³-hybridized carbons (Fsp3) is 0.500. The summed E-state index contributed by atoms with van der Waals surface area (Å²) in [7, 11) is 1.32. The van der Waals surface area contributed by atoms with Crippen molar-refractivity contribution in [3.8, 4) is 11.5 Å². The molecule has 0 atom stereocenters. The van der Waals surface area contributed by atoms with Gasteiger partial charge in [-0.3, -0.25) is 14.9 Å². The van der Waals surface area contributed by atoms with E-state index < -0.39 is 16.5 Å². The van der Waals surface area contributed by atoms with Crippen molar-refractivity contribution in [3.63, 3.8) is 0 Å². The third kappa shape index (κ3) is 3.62. The molecule has 1 aromatic carbocycles. The summed E-state index contributed by atoms with van der Waals surface area (Å²) in [5, 5.41) is 20.5. The molecule has 1 aliphatic heterocycles. The number of carbonyl (C=O) groups is 1. The zero-order valence-corrected chi connectivity index (χ0v) is 12.5. The van der Waals surface area contributed by atoms with Crippen LogP contribution in [0.2, 0.25) is 0 Å². The molecule has 1 N–H and O–H groups in total. The van der Waals surface area contributed by atoms with Gasteiger partial charge >= 0.3 is 0 Å². The highest BCUT2D eigenvalue weighted by Gasteiger charge is 2.28. The molecule has 2 rings (SSSR count). The van der Waals surface area contributed by atoms with E-state index in [0.717, 1.165) is 18.9 Å². The molecule has 1 heterocycles. The molecule has 0 radical (unpaired) electrons. The van der Waals surface area contributed by atoms with Crippen LogP contribution in [-0.4, -0.2) is 41.0 Å². The summed E-state index contributed by atoms with van der Waals surface area (Å²) in [6.07, 6.45) is 1.80. The zero-order chi connectivity index (χ0) is 16.0. The Bertz CT molecular complexity index is 524. The van der Waals surface area contributed by atoms with Crippen LogP contribution in [0.4, 0.5) is 5.69 Å². The standard InChI is InChI=1S/C12H14N2O5.C2H6/c1-19-11-6-8(9(14(17)18)7-10(11)15)12(16)13-4-2-3-5-13;1-2/h6-7,15H,2-5H2,1H3;1-2H3. The molecule has 1 amide bonds. The molecular weight excluding hydrogens is 276 g/mol. The third-order valence-corrected chi connectivity index (χ3v) is 3.12. The Labute approximate surface area is 123 Å². The zero-order valence-electron chi connectivity index (χ0n) is 12.5. The number of likely N-dealkylation sites (tertiary alicyclic amines) is 1. The number of nitrogens with zero attached hydrogens (tertiary/aromatic N) is 2. The Morgan fingerprint density at radius 1 is 1.33 bits per heavy atom. The normalized spacial score (nSPS) is 13.4. The highest BCUT2D eigenvalue weighted by molar-refractivity contribution is 5.99. The lowest BCUT2D eigenvalue weighted by Gasteiger charge is -2.16. The second-order valence-electron chi connectivity index (χ2n) is 4.30. The van der Waals surface area contributed by atoms with Gasteiger partial charge in [-0.2, -0.15) is 0 Å². The molecule has 116 valence electrons. The smallest absolute Gasteiger partial charge is 0.286 e. The lowest BCUT2D eigenvalue weighted by Crippen LogP contribution is -2.28. The van der Waals surface area contributed by atoms with Gasteiger partial charge in [0.05, 0.1) is 18.1 Å². The number of nitro benzene ring substituents is 1. The summed E-state index contributed by atoms with van der Waals surface area (Å²) in [5.74, 6) is -0.706.